The summed E-state index contributed by atoms with van der Waals surface area (Å²) in [6.45, 7) is 3.93. The molecular formula is C10H18N2O4. The number of nitrogens with one attached hydrogen (secondary N) is 1. The summed E-state index contributed by atoms with van der Waals surface area (Å²) in [5, 5.41) is 11.0. The van der Waals surface area contributed by atoms with Crippen LogP contribution in [0.15, 0.2) is 0 Å². The zero-order valence-corrected chi connectivity index (χ0v) is 9.53. The fourth-order valence-corrected chi connectivity index (χ4v) is 1.09. The van der Waals surface area contributed by atoms with E-state index >= 15 is 0 Å². The number of hydrogen-bond donors (Lipinski definition) is 3. The van der Waals surface area contributed by atoms with Crippen molar-refractivity contribution >= 4 is 17.8 Å². The van der Waals surface area contributed by atoms with Gasteiger partial charge in [-0.2, -0.15) is 0 Å². The van der Waals surface area contributed by atoms with Gasteiger partial charge < -0.3 is 16.2 Å². The molecule has 6 heteroatoms. The second-order valence-corrected chi connectivity index (χ2v) is 4.06. The number of amides is 2. The predicted octanol–water partition coefficient (Wildman–Crippen LogP) is -0.133. The molecule has 1 atom stereocenters. The summed E-state index contributed by atoms with van der Waals surface area (Å²) in [4.78, 5) is 32.6. The molecule has 0 aliphatic heterocycles. The average Bonchev–Trinajstić information content (AvgIpc) is 2.12. The van der Waals surface area contributed by atoms with Gasteiger partial charge in [0.2, 0.25) is 11.8 Å². The van der Waals surface area contributed by atoms with Crippen LogP contribution in [0.4, 0.5) is 0 Å². The zero-order chi connectivity index (χ0) is 12.7. The minimum absolute atomic E-state index is 0.250. The lowest BCUT2D eigenvalue weighted by Gasteiger charge is -2.13. The number of rotatable bonds is 7. The number of nitrogens with two attached hydrogens (primary N) is 1. The Morgan fingerprint density at radius 1 is 1.31 bits per heavy atom. The molecule has 0 aromatic heterocycles. The van der Waals surface area contributed by atoms with E-state index < -0.39 is 17.9 Å². The third-order valence-corrected chi connectivity index (χ3v) is 1.99. The van der Waals surface area contributed by atoms with E-state index in [-0.39, 0.29) is 18.7 Å². The molecule has 0 rings (SSSR count). The van der Waals surface area contributed by atoms with Gasteiger partial charge in [0, 0.05) is 6.42 Å². The van der Waals surface area contributed by atoms with Crippen LogP contribution in [0.5, 0.6) is 0 Å². The molecule has 0 aromatic carbocycles. The van der Waals surface area contributed by atoms with E-state index in [9.17, 15) is 14.4 Å². The smallest absolute Gasteiger partial charge is 0.326 e. The van der Waals surface area contributed by atoms with Crippen molar-refractivity contribution in [2.75, 3.05) is 0 Å². The lowest BCUT2D eigenvalue weighted by molar-refractivity contribution is -0.143. The van der Waals surface area contributed by atoms with Gasteiger partial charge in [-0.3, -0.25) is 9.59 Å². The van der Waals surface area contributed by atoms with Gasteiger partial charge in [0.25, 0.3) is 0 Å². The zero-order valence-electron chi connectivity index (χ0n) is 9.53. The minimum atomic E-state index is -1.25. The van der Waals surface area contributed by atoms with E-state index in [4.69, 9.17) is 10.8 Å². The molecule has 0 radical (unpaired) electrons. The van der Waals surface area contributed by atoms with E-state index in [1.54, 1.807) is 0 Å². The van der Waals surface area contributed by atoms with Gasteiger partial charge in [0.15, 0.2) is 0 Å². The van der Waals surface area contributed by atoms with Gasteiger partial charge in [-0.05, 0) is 12.3 Å². The first-order valence-electron chi connectivity index (χ1n) is 5.13. The first kappa shape index (κ1) is 14.4. The molecule has 92 valence electrons. The first-order chi connectivity index (χ1) is 7.32. The fraction of sp³-hybridized carbons (Fsp3) is 0.700. The fourth-order valence-electron chi connectivity index (χ4n) is 1.09. The minimum Gasteiger partial charge on any atom is -0.480 e. The van der Waals surface area contributed by atoms with Crippen LogP contribution in [0, 0.1) is 5.92 Å². The van der Waals surface area contributed by atoms with Crippen molar-refractivity contribution in [1.82, 2.24) is 5.32 Å². The lowest BCUT2D eigenvalue weighted by Crippen LogP contribution is -2.43. The molecule has 16 heavy (non-hydrogen) atoms. The van der Waals surface area contributed by atoms with Crippen molar-refractivity contribution in [1.29, 1.82) is 0 Å². The Morgan fingerprint density at radius 2 is 1.88 bits per heavy atom. The molecule has 0 aromatic rings. The van der Waals surface area contributed by atoms with E-state index in [2.05, 4.69) is 5.32 Å². The molecule has 6 nitrogen and oxygen atoms in total. The van der Waals surface area contributed by atoms with Crippen LogP contribution < -0.4 is 11.1 Å². The van der Waals surface area contributed by atoms with Gasteiger partial charge in [-0.1, -0.05) is 13.8 Å². The number of carbonyl (C=O) groups is 3. The molecule has 0 spiro atoms. The highest BCUT2D eigenvalue weighted by atomic mass is 16.4. The maximum Gasteiger partial charge on any atom is 0.326 e. The van der Waals surface area contributed by atoms with Crippen LogP contribution >= 0.6 is 0 Å². The lowest BCUT2D eigenvalue weighted by atomic mass is 10.1. The Bertz CT molecular complexity index is 276. The molecular weight excluding hydrogens is 212 g/mol. The largest absolute Gasteiger partial charge is 0.480 e. The summed E-state index contributed by atoms with van der Waals surface area (Å²) in [6, 6.07) is -1.22. The van der Waals surface area contributed by atoms with Crippen molar-refractivity contribution in [3.8, 4) is 0 Å². The molecule has 0 aliphatic carbocycles. The topological polar surface area (TPSA) is 109 Å². The maximum atomic E-state index is 11.3. The van der Waals surface area contributed by atoms with Gasteiger partial charge in [-0.15, -0.1) is 0 Å². The van der Waals surface area contributed by atoms with Gasteiger partial charge in [-0.25, -0.2) is 4.79 Å². The SMILES string of the molecule is CC(C)CCC(=O)NC(CC(N)=O)C(=O)O. The van der Waals surface area contributed by atoms with Crippen LogP contribution in [-0.4, -0.2) is 28.9 Å². The summed E-state index contributed by atoms with van der Waals surface area (Å²) in [7, 11) is 0. The highest BCUT2D eigenvalue weighted by Gasteiger charge is 2.21. The van der Waals surface area contributed by atoms with Crippen molar-refractivity contribution in [2.24, 2.45) is 11.7 Å². The predicted molar refractivity (Wildman–Crippen MR) is 57.4 cm³/mol. The molecule has 0 saturated carbocycles. The quantitative estimate of drug-likeness (QED) is 0.565. The number of carboxylic acids is 1. The number of carbonyl (C=O) groups excluding carboxylic acids is 2. The Balaban J connectivity index is 4.13. The van der Waals surface area contributed by atoms with Crippen molar-refractivity contribution < 1.29 is 19.5 Å². The number of primary amides is 1. The Morgan fingerprint density at radius 3 is 2.25 bits per heavy atom. The summed E-state index contributed by atoms with van der Waals surface area (Å²) >= 11 is 0. The number of hydrogen-bond acceptors (Lipinski definition) is 3. The van der Waals surface area contributed by atoms with Crippen LogP contribution in [0.3, 0.4) is 0 Å². The number of carboxylic acid groups (broad SMARTS) is 1. The monoisotopic (exact) mass is 230 g/mol. The van der Waals surface area contributed by atoms with E-state index in [1.165, 1.54) is 0 Å². The third kappa shape index (κ3) is 6.80. The third-order valence-electron chi connectivity index (χ3n) is 1.99. The first-order valence-corrected chi connectivity index (χ1v) is 5.13. The van der Waals surface area contributed by atoms with Crippen molar-refractivity contribution in [3.05, 3.63) is 0 Å². The van der Waals surface area contributed by atoms with Gasteiger partial charge in [0.1, 0.15) is 6.04 Å². The van der Waals surface area contributed by atoms with Crippen molar-refractivity contribution in [2.45, 2.75) is 39.2 Å². The maximum absolute atomic E-state index is 11.3. The van der Waals surface area contributed by atoms with E-state index in [1.807, 2.05) is 13.8 Å². The van der Waals surface area contributed by atoms with Crippen LogP contribution in [0.25, 0.3) is 0 Å². The van der Waals surface area contributed by atoms with E-state index in [0.29, 0.717) is 12.3 Å². The second-order valence-electron chi connectivity index (χ2n) is 4.06. The van der Waals surface area contributed by atoms with E-state index in [0.717, 1.165) is 0 Å². The molecule has 4 N–H and O–H groups in total. The van der Waals surface area contributed by atoms with Crippen LogP contribution in [0.1, 0.15) is 33.1 Å². The van der Waals surface area contributed by atoms with Crippen LogP contribution in [-0.2, 0) is 14.4 Å². The molecule has 2 amide bonds. The Kier molecular flexibility index (Phi) is 6.14. The molecule has 0 aliphatic rings. The van der Waals surface area contributed by atoms with Gasteiger partial charge in [0.05, 0.1) is 6.42 Å². The molecule has 1 unspecified atom stereocenters. The molecule has 0 saturated heterocycles. The normalized spacial score (nSPS) is 12.2. The summed E-state index contributed by atoms with van der Waals surface area (Å²) in [6.07, 6.45) is 0.539. The highest BCUT2D eigenvalue weighted by Crippen LogP contribution is 2.03. The van der Waals surface area contributed by atoms with Crippen LogP contribution in [0.2, 0.25) is 0 Å². The number of aliphatic carboxylic acids is 1. The second kappa shape index (κ2) is 6.81. The molecule has 0 bridgehead atoms. The Hall–Kier alpha value is -1.59. The standard InChI is InChI=1S/C10H18N2O4/c1-6(2)3-4-9(14)12-7(10(15)16)5-8(11)13/h6-7H,3-5H2,1-2H3,(H2,11,13)(H,12,14)(H,15,16). The highest BCUT2D eigenvalue weighted by molar-refractivity contribution is 5.88. The molecule has 0 heterocycles. The molecule has 0 fully saturated rings. The Labute approximate surface area is 94.2 Å². The van der Waals surface area contributed by atoms with Crippen molar-refractivity contribution in [3.63, 3.8) is 0 Å². The average molecular weight is 230 g/mol. The van der Waals surface area contributed by atoms with Gasteiger partial charge >= 0.3 is 5.97 Å². The summed E-state index contributed by atoms with van der Waals surface area (Å²) in [5.74, 6) is -2.01. The summed E-state index contributed by atoms with van der Waals surface area (Å²) < 4.78 is 0. The summed E-state index contributed by atoms with van der Waals surface area (Å²) in [5.41, 5.74) is 4.88.